The van der Waals surface area contributed by atoms with Gasteiger partial charge in [0.1, 0.15) is 5.84 Å². The molecule has 0 bridgehead atoms. The number of piperazine rings is 1. The van der Waals surface area contributed by atoms with Crippen LogP contribution in [0.5, 0.6) is 0 Å². The van der Waals surface area contributed by atoms with Crippen LogP contribution < -0.4 is 5.32 Å². The van der Waals surface area contributed by atoms with Gasteiger partial charge >= 0.3 is 12.2 Å². The van der Waals surface area contributed by atoms with Gasteiger partial charge in [-0.1, -0.05) is 30.8 Å². The van der Waals surface area contributed by atoms with Gasteiger partial charge in [0.05, 0.1) is 5.56 Å². The number of anilines is 1. The molecule has 0 saturated carbocycles. The van der Waals surface area contributed by atoms with Crippen LogP contribution >= 0.6 is 0 Å². The standard InChI is InChI=1S/C23H25F3N4O/c1-4-27-21(20-8-6-5-7-16(20)2)29-13-14-30(17(3)15-29)22(31)28-19-11-9-18(10-12-19)23(24,25)26/h4-12,17H,1,13-15H2,2-3H3,(H,28,31). The number of rotatable bonds is 3. The number of aliphatic imine (C=N–C) groups is 1. The number of amidine groups is 1. The van der Waals surface area contributed by atoms with Crippen LogP contribution in [-0.2, 0) is 6.18 Å². The molecular formula is C23H25F3N4O. The Balaban J connectivity index is 1.68. The lowest BCUT2D eigenvalue weighted by Gasteiger charge is -2.41. The fourth-order valence-corrected chi connectivity index (χ4v) is 3.62. The number of amides is 2. The number of carbonyl (C=O) groups is 1. The lowest BCUT2D eigenvalue weighted by atomic mass is 10.1. The fraction of sp³-hybridized carbons (Fsp3) is 0.304. The maximum Gasteiger partial charge on any atom is 0.416 e. The Kier molecular flexibility index (Phi) is 6.68. The number of urea groups is 1. The van der Waals surface area contributed by atoms with E-state index in [-0.39, 0.29) is 12.1 Å². The normalized spacial score (nSPS) is 17.5. The molecule has 1 N–H and O–H groups in total. The monoisotopic (exact) mass is 430 g/mol. The summed E-state index contributed by atoms with van der Waals surface area (Å²) >= 11 is 0. The van der Waals surface area contributed by atoms with Gasteiger partial charge in [-0.05, 0) is 43.7 Å². The van der Waals surface area contributed by atoms with Crippen molar-refractivity contribution in [3.63, 3.8) is 0 Å². The van der Waals surface area contributed by atoms with E-state index in [0.717, 1.165) is 29.1 Å². The highest BCUT2D eigenvalue weighted by Crippen LogP contribution is 2.30. The van der Waals surface area contributed by atoms with Crippen molar-refractivity contribution in [3.8, 4) is 0 Å². The number of alkyl halides is 3. The summed E-state index contributed by atoms with van der Waals surface area (Å²) < 4.78 is 38.1. The van der Waals surface area contributed by atoms with Gasteiger partial charge in [0.2, 0.25) is 0 Å². The summed E-state index contributed by atoms with van der Waals surface area (Å²) in [6.07, 6.45) is -2.90. The van der Waals surface area contributed by atoms with E-state index < -0.39 is 11.7 Å². The summed E-state index contributed by atoms with van der Waals surface area (Å²) in [6.45, 7) is 9.27. The minimum Gasteiger partial charge on any atom is -0.352 e. The predicted molar refractivity (Wildman–Crippen MR) is 116 cm³/mol. The lowest BCUT2D eigenvalue weighted by molar-refractivity contribution is -0.137. The average Bonchev–Trinajstić information content (AvgIpc) is 2.72. The Labute approximate surface area is 179 Å². The lowest BCUT2D eigenvalue weighted by Crippen LogP contribution is -2.56. The van der Waals surface area contributed by atoms with Crippen LogP contribution in [0, 0.1) is 6.92 Å². The number of hydrogen-bond acceptors (Lipinski definition) is 2. The Morgan fingerprint density at radius 1 is 1.16 bits per heavy atom. The highest BCUT2D eigenvalue weighted by molar-refractivity contribution is 6.00. The van der Waals surface area contributed by atoms with E-state index in [9.17, 15) is 18.0 Å². The molecule has 2 amide bonds. The Morgan fingerprint density at radius 3 is 2.42 bits per heavy atom. The van der Waals surface area contributed by atoms with Gasteiger partial charge in [-0.15, -0.1) is 0 Å². The second-order valence-electron chi connectivity index (χ2n) is 7.44. The van der Waals surface area contributed by atoms with Crippen LogP contribution in [0.15, 0.2) is 66.3 Å². The van der Waals surface area contributed by atoms with E-state index in [1.807, 2.05) is 38.1 Å². The van der Waals surface area contributed by atoms with Gasteiger partial charge < -0.3 is 15.1 Å². The molecule has 0 aromatic heterocycles. The summed E-state index contributed by atoms with van der Waals surface area (Å²) in [5.74, 6) is 0.808. The van der Waals surface area contributed by atoms with Gasteiger partial charge in [-0.25, -0.2) is 9.79 Å². The van der Waals surface area contributed by atoms with Crippen LogP contribution in [0.25, 0.3) is 0 Å². The number of aryl methyl sites for hydroxylation is 1. The van der Waals surface area contributed by atoms with Crippen molar-refractivity contribution in [3.05, 3.63) is 78.0 Å². The summed E-state index contributed by atoms with van der Waals surface area (Å²) in [6, 6.07) is 11.9. The third-order valence-electron chi connectivity index (χ3n) is 5.25. The first kappa shape index (κ1) is 22.4. The molecule has 164 valence electrons. The van der Waals surface area contributed by atoms with Crippen LogP contribution in [0.1, 0.15) is 23.6 Å². The van der Waals surface area contributed by atoms with E-state index in [0.29, 0.717) is 25.3 Å². The second-order valence-corrected chi connectivity index (χ2v) is 7.44. The molecule has 1 aliphatic rings. The van der Waals surface area contributed by atoms with E-state index in [1.165, 1.54) is 18.3 Å². The zero-order chi connectivity index (χ0) is 22.6. The van der Waals surface area contributed by atoms with Crippen LogP contribution in [0.3, 0.4) is 0 Å². The summed E-state index contributed by atoms with van der Waals surface area (Å²) in [4.78, 5) is 21.0. The maximum absolute atomic E-state index is 12.7. The molecule has 0 aliphatic carbocycles. The Morgan fingerprint density at radius 2 is 1.84 bits per heavy atom. The molecular weight excluding hydrogens is 405 g/mol. The van der Waals surface area contributed by atoms with Crippen LogP contribution in [-0.4, -0.2) is 47.3 Å². The second kappa shape index (κ2) is 9.24. The van der Waals surface area contributed by atoms with Gasteiger partial charge in [-0.3, -0.25) is 0 Å². The molecule has 1 unspecified atom stereocenters. The fourth-order valence-electron chi connectivity index (χ4n) is 3.62. The van der Waals surface area contributed by atoms with Crippen molar-refractivity contribution in [2.24, 2.45) is 4.99 Å². The van der Waals surface area contributed by atoms with Gasteiger partial charge in [0.15, 0.2) is 0 Å². The van der Waals surface area contributed by atoms with Crippen molar-refractivity contribution in [1.29, 1.82) is 0 Å². The number of nitrogens with zero attached hydrogens (tertiary/aromatic N) is 3. The van der Waals surface area contributed by atoms with Gasteiger partial charge in [0, 0.05) is 43.1 Å². The Bertz CT molecular complexity index is 970. The summed E-state index contributed by atoms with van der Waals surface area (Å²) in [5.41, 5.74) is 1.68. The molecule has 1 fully saturated rings. The number of nitrogens with one attached hydrogen (secondary N) is 1. The smallest absolute Gasteiger partial charge is 0.352 e. The molecule has 31 heavy (non-hydrogen) atoms. The first-order chi connectivity index (χ1) is 14.7. The minimum atomic E-state index is -4.41. The molecule has 3 rings (SSSR count). The first-order valence-electron chi connectivity index (χ1n) is 9.95. The summed E-state index contributed by atoms with van der Waals surface area (Å²) in [7, 11) is 0. The molecule has 0 radical (unpaired) electrons. The number of halogens is 3. The van der Waals surface area contributed by atoms with Crippen molar-refractivity contribution < 1.29 is 18.0 Å². The van der Waals surface area contributed by atoms with E-state index in [4.69, 9.17) is 0 Å². The Hall–Kier alpha value is -3.29. The van der Waals surface area contributed by atoms with Gasteiger partial charge in [-0.2, -0.15) is 13.2 Å². The zero-order valence-corrected chi connectivity index (χ0v) is 17.5. The molecule has 0 spiro atoms. The molecule has 1 saturated heterocycles. The number of hydrogen-bond donors (Lipinski definition) is 1. The molecule has 5 nitrogen and oxygen atoms in total. The first-order valence-corrected chi connectivity index (χ1v) is 9.95. The SMILES string of the molecule is C=CN=C(c1ccccc1C)N1CCN(C(=O)Nc2ccc(C(F)(F)F)cc2)C(C)C1. The minimum absolute atomic E-state index is 0.123. The molecule has 2 aromatic carbocycles. The quantitative estimate of drug-likeness (QED) is 0.541. The highest BCUT2D eigenvalue weighted by Gasteiger charge is 2.31. The maximum atomic E-state index is 12.7. The van der Waals surface area contributed by atoms with Crippen LogP contribution in [0.2, 0.25) is 0 Å². The topological polar surface area (TPSA) is 47.9 Å². The van der Waals surface area contributed by atoms with Crippen molar-refractivity contribution in [2.45, 2.75) is 26.1 Å². The van der Waals surface area contributed by atoms with Crippen LogP contribution in [0.4, 0.5) is 23.7 Å². The van der Waals surface area contributed by atoms with Crippen molar-refractivity contribution >= 4 is 17.6 Å². The highest BCUT2D eigenvalue weighted by atomic mass is 19.4. The van der Waals surface area contributed by atoms with E-state index in [1.54, 1.807) is 4.90 Å². The molecule has 8 heteroatoms. The van der Waals surface area contributed by atoms with Gasteiger partial charge in [0.25, 0.3) is 0 Å². The van der Waals surface area contributed by atoms with E-state index in [2.05, 4.69) is 21.8 Å². The van der Waals surface area contributed by atoms with E-state index >= 15 is 0 Å². The molecule has 2 aromatic rings. The number of carbonyl (C=O) groups excluding carboxylic acids is 1. The largest absolute Gasteiger partial charge is 0.416 e. The third kappa shape index (κ3) is 5.25. The number of benzene rings is 2. The average molecular weight is 430 g/mol. The molecule has 1 aliphatic heterocycles. The zero-order valence-electron chi connectivity index (χ0n) is 17.5. The van der Waals surface area contributed by atoms with Crippen molar-refractivity contribution in [1.82, 2.24) is 9.80 Å². The predicted octanol–water partition coefficient (Wildman–Crippen LogP) is 5.14. The molecule has 1 atom stereocenters. The molecule has 1 heterocycles. The van der Waals surface area contributed by atoms with Crippen molar-refractivity contribution in [2.75, 3.05) is 25.0 Å². The third-order valence-corrected chi connectivity index (χ3v) is 5.25. The summed E-state index contributed by atoms with van der Waals surface area (Å²) in [5, 5.41) is 2.69.